The van der Waals surface area contributed by atoms with Crippen LogP contribution in [0.25, 0.3) is 10.8 Å². The maximum atomic E-state index is 12.0. The van der Waals surface area contributed by atoms with Crippen molar-refractivity contribution < 1.29 is 19.1 Å². The third-order valence-electron chi connectivity index (χ3n) is 5.58. The summed E-state index contributed by atoms with van der Waals surface area (Å²) in [7, 11) is 1.69. The van der Waals surface area contributed by atoms with Crippen molar-refractivity contribution in [3.63, 3.8) is 0 Å². The molecule has 1 fully saturated rings. The highest BCUT2D eigenvalue weighted by Gasteiger charge is 2.26. The average molecular weight is 399 g/mol. The van der Waals surface area contributed by atoms with E-state index in [1.54, 1.807) is 14.0 Å². The number of piperazine rings is 1. The van der Waals surface area contributed by atoms with Crippen LogP contribution in [0, 0.1) is 5.92 Å². The second-order valence-corrected chi connectivity index (χ2v) is 7.40. The van der Waals surface area contributed by atoms with E-state index in [1.807, 2.05) is 6.07 Å². The predicted octanol–water partition coefficient (Wildman–Crippen LogP) is 3.13. The van der Waals surface area contributed by atoms with Gasteiger partial charge in [-0.05, 0) is 50.4 Å². The summed E-state index contributed by atoms with van der Waals surface area (Å²) >= 11 is 0. The molecule has 3 rings (SSSR count). The summed E-state index contributed by atoms with van der Waals surface area (Å²) in [5.41, 5.74) is 1.22. The molecule has 1 atom stereocenters. The van der Waals surface area contributed by atoms with Crippen LogP contribution >= 0.6 is 0 Å². The Bertz CT molecular complexity index is 859. The quantitative estimate of drug-likeness (QED) is 0.503. The van der Waals surface area contributed by atoms with Crippen LogP contribution in [0.5, 0.6) is 5.75 Å². The Hall–Kier alpha value is -2.60. The minimum Gasteiger partial charge on any atom is -0.497 e. The molecule has 0 bridgehead atoms. The number of nitrogens with zero attached hydrogens (tertiary/aromatic N) is 2. The molecule has 2 aromatic rings. The van der Waals surface area contributed by atoms with Crippen molar-refractivity contribution in [2.45, 2.75) is 20.3 Å². The topological polar surface area (TPSA) is 59.1 Å². The number of carbonyl (C=O) groups excluding carboxylic acids is 2. The molecule has 6 nitrogen and oxygen atoms in total. The van der Waals surface area contributed by atoms with Crippen LogP contribution in [0.1, 0.15) is 20.3 Å². The van der Waals surface area contributed by atoms with E-state index in [-0.39, 0.29) is 5.78 Å². The van der Waals surface area contributed by atoms with Crippen molar-refractivity contribution in [1.29, 1.82) is 0 Å². The molecular weight excluding hydrogens is 368 g/mol. The highest BCUT2D eigenvalue weighted by molar-refractivity contribution is 5.97. The molecule has 29 heavy (non-hydrogen) atoms. The van der Waals surface area contributed by atoms with E-state index in [1.165, 1.54) is 23.4 Å². The molecule has 0 saturated carbocycles. The molecule has 0 radical (unpaired) electrons. The fourth-order valence-corrected chi connectivity index (χ4v) is 3.89. The van der Waals surface area contributed by atoms with Crippen molar-refractivity contribution in [3.8, 4) is 5.75 Å². The van der Waals surface area contributed by atoms with E-state index in [0.717, 1.165) is 38.5 Å². The zero-order valence-corrected chi connectivity index (χ0v) is 17.5. The number of ketones is 1. The molecule has 2 aromatic carbocycles. The summed E-state index contributed by atoms with van der Waals surface area (Å²) < 4.78 is 10.4. The lowest BCUT2D eigenvalue weighted by molar-refractivity contribution is -0.151. The molecule has 1 aliphatic rings. The lowest BCUT2D eigenvalue weighted by atomic mass is 10.0. The van der Waals surface area contributed by atoms with Gasteiger partial charge in [-0.15, -0.1) is 0 Å². The van der Waals surface area contributed by atoms with Crippen LogP contribution in [0.4, 0.5) is 5.69 Å². The molecule has 1 aliphatic heterocycles. The van der Waals surface area contributed by atoms with Gasteiger partial charge in [0, 0.05) is 37.3 Å². The predicted molar refractivity (Wildman–Crippen MR) is 115 cm³/mol. The summed E-state index contributed by atoms with van der Waals surface area (Å²) in [5, 5.41) is 2.39. The molecule has 0 spiro atoms. The lowest BCUT2D eigenvalue weighted by Crippen LogP contribution is -2.47. The lowest BCUT2D eigenvalue weighted by Gasteiger charge is -2.37. The standard InChI is InChI=1S/C23H30N2O4/c1-4-29-23(27)20(17(2)26)10-11-24-12-14-25(15-13-24)22-7-5-6-18-8-9-19(28-3)16-21(18)22/h5-9,16,20H,4,10-15H2,1-3H3. The molecule has 0 aromatic heterocycles. The SMILES string of the molecule is CCOC(=O)C(CCN1CCN(c2cccc3ccc(OC)cc23)CC1)C(C)=O. The Morgan fingerprint density at radius 3 is 2.52 bits per heavy atom. The molecule has 0 N–H and O–H groups in total. The van der Waals surface area contributed by atoms with Gasteiger partial charge in [-0.25, -0.2) is 0 Å². The molecule has 6 heteroatoms. The smallest absolute Gasteiger partial charge is 0.316 e. The third-order valence-corrected chi connectivity index (χ3v) is 5.58. The number of carbonyl (C=O) groups is 2. The Morgan fingerprint density at radius 1 is 1.10 bits per heavy atom. The third kappa shape index (κ3) is 5.07. The zero-order valence-electron chi connectivity index (χ0n) is 17.5. The summed E-state index contributed by atoms with van der Waals surface area (Å²) in [6.07, 6.45) is 0.514. The Labute approximate surface area is 172 Å². The van der Waals surface area contributed by atoms with Gasteiger partial charge in [-0.3, -0.25) is 14.5 Å². The first-order valence-electron chi connectivity index (χ1n) is 10.2. The first kappa shape index (κ1) is 21.1. The molecule has 1 unspecified atom stereocenters. The first-order chi connectivity index (χ1) is 14.0. The van der Waals surface area contributed by atoms with Gasteiger partial charge in [-0.2, -0.15) is 0 Å². The normalized spacial score (nSPS) is 15.9. The van der Waals surface area contributed by atoms with Crippen LogP contribution in [-0.4, -0.2) is 63.1 Å². The van der Waals surface area contributed by atoms with E-state index >= 15 is 0 Å². The monoisotopic (exact) mass is 398 g/mol. The Morgan fingerprint density at radius 2 is 1.86 bits per heavy atom. The van der Waals surface area contributed by atoms with Crippen LogP contribution in [-0.2, 0) is 14.3 Å². The maximum Gasteiger partial charge on any atom is 0.316 e. The van der Waals surface area contributed by atoms with Crippen LogP contribution in [0.2, 0.25) is 0 Å². The number of anilines is 1. The second-order valence-electron chi connectivity index (χ2n) is 7.40. The fraction of sp³-hybridized carbons (Fsp3) is 0.478. The maximum absolute atomic E-state index is 12.0. The summed E-state index contributed by atoms with van der Waals surface area (Å²) in [4.78, 5) is 28.5. The molecule has 1 saturated heterocycles. The summed E-state index contributed by atoms with van der Waals surface area (Å²) in [6, 6.07) is 12.5. The number of benzene rings is 2. The van der Waals surface area contributed by atoms with Gasteiger partial charge < -0.3 is 14.4 Å². The van der Waals surface area contributed by atoms with E-state index in [0.29, 0.717) is 13.0 Å². The molecule has 1 heterocycles. The Kier molecular flexibility index (Phi) is 7.09. The molecular formula is C23H30N2O4. The number of esters is 1. The Balaban J connectivity index is 1.61. The van der Waals surface area contributed by atoms with E-state index < -0.39 is 11.9 Å². The van der Waals surface area contributed by atoms with Crippen molar-refractivity contribution >= 4 is 28.2 Å². The highest BCUT2D eigenvalue weighted by atomic mass is 16.5. The molecule has 0 aliphatic carbocycles. The minimum atomic E-state index is -0.654. The van der Waals surface area contributed by atoms with E-state index in [2.05, 4.69) is 40.1 Å². The fourth-order valence-electron chi connectivity index (χ4n) is 3.89. The van der Waals surface area contributed by atoms with Crippen LogP contribution in [0.3, 0.4) is 0 Å². The summed E-state index contributed by atoms with van der Waals surface area (Å²) in [5.74, 6) is -0.313. The van der Waals surface area contributed by atoms with Crippen molar-refractivity contribution in [1.82, 2.24) is 4.90 Å². The van der Waals surface area contributed by atoms with Gasteiger partial charge in [0.15, 0.2) is 0 Å². The molecule has 0 amide bonds. The van der Waals surface area contributed by atoms with E-state index in [4.69, 9.17) is 9.47 Å². The number of methoxy groups -OCH3 is 1. The number of fused-ring (bicyclic) bond motifs is 1. The van der Waals surface area contributed by atoms with Crippen molar-refractivity contribution in [2.24, 2.45) is 5.92 Å². The largest absolute Gasteiger partial charge is 0.497 e. The average Bonchev–Trinajstić information content (AvgIpc) is 2.73. The van der Waals surface area contributed by atoms with Crippen LogP contribution < -0.4 is 9.64 Å². The number of hydrogen-bond acceptors (Lipinski definition) is 6. The second kappa shape index (κ2) is 9.74. The summed E-state index contributed by atoms with van der Waals surface area (Å²) in [6.45, 7) is 7.85. The van der Waals surface area contributed by atoms with Gasteiger partial charge in [0.05, 0.1) is 13.7 Å². The minimum absolute atomic E-state index is 0.119. The first-order valence-corrected chi connectivity index (χ1v) is 10.2. The number of rotatable bonds is 8. The van der Waals surface area contributed by atoms with E-state index in [9.17, 15) is 9.59 Å². The highest BCUT2D eigenvalue weighted by Crippen LogP contribution is 2.30. The van der Waals surface area contributed by atoms with Gasteiger partial charge in [0.2, 0.25) is 0 Å². The number of ether oxygens (including phenoxy) is 2. The van der Waals surface area contributed by atoms with Crippen molar-refractivity contribution in [2.75, 3.05) is 51.3 Å². The van der Waals surface area contributed by atoms with Gasteiger partial charge in [0.25, 0.3) is 0 Å². The number of Topliss-reactive ketones (excluding diaryl/α,β-unsaturated/α-hetero) is 1. The molecule has 156 valence electrons. The van der Waals surface area contributed by atoms with Crippen LogP contribution in [0.15, 0.2) is 36.4 Å². The number of hydrogen-bond donors (Lipinski definition) is 0. The van der Waals surface area contributed by atoms with Gasteiger partial charge in [0.1, 0.15) is 17.5 Å². The van der Waals surface area contributed by atoms with Gasteiger partial charge in [-0.1, -0.05) is 18.2 Å². The van der Waals surface area contributed by atoms with Crippen molar-refractivity contribution in [3.05, 3.63) is 36.4 Å². The zero-order chi connectivity index (χ0) is 20.8. The van der Waals surface area contributed by atoms with Gasteiger partial charge >= 0.3 is 5.97 Å².